The Balaban J connectivity index is 2.04. The molecule has 0 atom stereocenters. The second kappa shape index (κ2) is 8.30. The fraction of sp³-hybridized carbons (Fsp3) is 0.417. The van der Waals surface area contributed by atoms with Gasteiger partial charge in [-0.05, 0) is 66.1 Å². The molecule has 0 aromatic heterocycles. The zero-order chi connectivity index (χ0) is 12.5. The van der Waals surface area contributed by atoms with E-state index < -0.39 is 0 Å². The van der Waals surface area contributed by atoms with E-state index in [4.69, 9.17) is 10.6 Å². The zero-order valence-electron chi connectivity index (χ0n) is 9.62. The molecule has 1 aromatic rings. The SMILES string of the molecule is NNC(=O)CCCCCOc1ccc(I)cc1. The molecule has 3 N–H and O–H groups in total. The molecule has 0 radical (unpaired) electrons. The highest BCUT2D eigenvalue weighted by Gasteiger charge is 1.98. The van der Waals surface area contributed by atoms with Crippen LogP contribution in [-0.2, 0) is 4.79 Å². The van der Waals surface area contributed by atoms with E-state index in [9.17, 15) is 4.79 Å². The standard InChI is InChI=1S/C12H17IN2O2/c13-10-5-7-11(8-6-10)17-9-3-1-2-4-12(16)15-14/h5-8H,1-4,9,14H2,(H,15,16). The van der Waals surface area contributed by atoms with Crippen LogP contribution in [0.3, 0.4) is 0 Å². The fourth-order valence-corrected chi connectivity index (χ4v) is 1.72. The summed E-state index contributed by atoms with van der Waals surface area (Å²) in [6, 6.07) is 7.95. The Morgan fingerprint density at radius 2 is 1.94 bits per heavy atom. The highest BCUT2D eigenvalue weighted by Crippen LogP contribution is 2.14. The van der Waals surface area contributed by atoms with E-state index in [0.717, 1.165) is 25.0 Å². The maximum absolute atomic E-state index is 10.8. The van der Waals surface area contributed by atoms with Crippen molar-refractivity contribution in [1.29, 1.82) is 0 Å². The molecule has 0 aliphatic heterocycles. The average molecular weight is 348 g/mol. The van der Waals surface area contributed by atoms with Gasteiger partial charge in [-0.3, -0.25) is 10.2 Å². The van der Waals surface area contributed by atoms with Crippen LogP contribution in [-0.4, -0.2) is 12.5 Å². The summed E-state index contributed by atoms with van der Waals surface area (Å²) < 4.78 is 6.76. The quantitative estimate of drug-likeness (QED) is 0.261. The maximum atomic E-state index is 10.8. The predicted molar refractivity (Wildman–Crippen MR) is 75.5 cm³/mol. The van der Waals surface area contributed by atoms with Gasteiger partial charge >= 0.3 is 0 Å². The molecule has 5 heteroatoms. The number of benzene rings is 1. The Hall–Kier alpha value is -0.820. The van der Waals surface area contributed by atoms with E-state index in [2.05, 4.69) is 28.0 Å². The molecule has 17 heavy (non-hydrogen) atoms. The van der Waals surface area contributed by atoms with Crippen molar-refractivity contribution in [2.45, 2.75) is 25.7 Å². The van der Waals surface area contributed by atoms with Gasteiger partial charge in [-0.15, -0.1) is 0 Å². The number of hydrogen-bond acceptors (Lipinski definition) is 3. The summed E-state index contributed by atoms with van der Waals surface area (Å²) in [4.78, 5) is 10.8. The van der Waals surface area contributed by atoms with Gasteiger partial charge in [-0.25, -0.2) is 5.84 Å². The lowest BCUT2D eigenvalue weighted by Gasteiger charge is -2.05. The van der Waals surface area contributed by atoms with Crippen molar-refractivity contribution in [2.24, 2.45) is 5.84 Å². The van der Waals surface area contributed by atoms with Crippen LogP contribution in [0.2, 0.25) is 0 Å². The number of amides is 1. The van der Waals surface area contributed by atoms with Crippen LogP contribution in [0, 0.1) is 3.57 Å². The van der Waals surface area contributed by atoms with Crippen LogP contribution in [0.4, 0.5) is 0 Å². The van der Waals surface area contributed by atoms with E-state index in [-0.39, 0.29) is 5.91 Å². The molecule has 0 bridgehead atoms. The molecule has 1 amide bonds. The zero-order valence-corrected chi connectivity index (χ0v) is 11.8. The van der Waals surface area contributed by atoms with Crippen molar-refractivity contribution in [3.8, 4) is 5.75 Å². The molecule has 0 heterocycles. The third-order valence-corrected chi connectivity index (χ3v) is 3.01. The maximum Gasteiger partial charge on any atom is 0.233 e. The van der Waals surface area contributed by atoms with Crippen LogP contribution in [0.5, 0.6) is 5.75 Å². The Morgan fingerprint density at radius 3 is 2.59 bits per heavy atom. The average Bonchev–Trinajstić information content (AvgIpc) is 2.35. The Kier molecular flexibility index (Phi) is 6.95. The van der Waals surface area contributed by atoms with Gasteiger partial charge in [0, 0.05) is 9.99 Å². The highest BCUT2D eigenvalue weighted by molar-refractivity contribution is 14.1. The summed E-state index contributed by atoms with van der Waals surface area (Å²) in [5.41, 5.74) is 2.12. The minimum absolute atomic E-state index is 0.108. The monoisotopic (exact) mass is 348 g/mol. The Morgan fingerprint density at radius 1 is 1.24 bits per heavy atom. The Labute approximate surface area is 115 Å². The van der Waals surface area contributed by atoms with Crippen LogP contribution in [0.1, 0.15) is 25.7 Å². The molecule has 1 rings (SSSR count). The van der Waals surface area contributed by atoms with Crippen molar-refractivity contribution in [1.82, 2.24) is 5.43 Å². The molecule has 0 saturated carbocycles. The lowest BCUT2D eigenvalue weighted by molar-refractivity contribution is -0.121. The fourth-order valence-electron chi connectivity index (χ4n) is 1.36. The molecule has 0 spiro atoms. The topological polar surface area (TPSA) is 64.3 Å². The van der Waals surface area contributed by atoms with Gasteiger partial charge in [0.05, 0.1) is 6.61 Å². The molecular weight excluding hydrogens is 331 g/mol. The van der Waals surface area contributed by atoms with Crippen LogP contribution >= 0.6 is 22.6 Å². The number of rotatable bonds is 7. The van der Waals surface area contributed by atoms with E-state index in [1.54, 1.807) is 0 Å². The molecule has 1 aromatic carbocycles. The first-order valence-corrected chi connectivity index (χ1v) is 6.68. The van der Waals surface area contributed by atoms with Gasteiger partial charge in [-0.1, -0.05) is 0 Å². The largest absolute Gasteiger partial charge is 0.494 e. The van der Waals surface area contributed by atoms with Gasteiger partial charge in [0.15, 0.2) is 0 Å². The van der Waals surface area contributed by atoms with E-state index >= 15 is 0 Å². The molecule has 0 aliphatic carbocycles. The normalized spacial score (nSPS) is 10.0. The molecule has 0 aliphatic rings. The number of halogens is 1. The van der Waals surface area contributed by atoms with Crippen molar-refractivity contribution in [2.75, 3.05) is 6.61 Å². The summed E-state index contributed by atoms with van der Waals surface area (Å²) in [6.07, 6.45) is 3.25. The lowest BCUT2D eigenvalue weighted by Crippen LogP contribution is -2.29. The third-order valence-electron chi connectivity index (χ3n) is 2.29. The van der Waals surface area contributed by atoms with Crippen molar-refractivity contribution in [3.05, 3.63) is 27.8 Å². The van der Waals surface area contributed by atoms with Gasteiger partial charge in [0.1, 0.15) is 5.75 Å². The minimum atomic E-state index is -0.108. The van der Waals surface area contributed by atoms with Gasteiger partial charge in [0.2, 0.25) is 5.91 Å². The van der Waals surface area contributed by atoms with Crippen LogP contribution in [0.15, 0.2) is 24.3 Å². The number of nitrogens with two attached hydrogens (primary N) is 1. The Bertz CT molecular complexity index is 341. The molecule has 94 valence electrons. The van der Waals surface area contributed by atoms with Crippen LogP contribution in [0.25, 0.3) is 0 Å². The molecule has 4 nitrogen and oxygen atoms in total. The molecule has 0 saturated heterocycles. The van der Waals surface area contributed by atoms with E-state index in [0.29, 0.717) is 13.0 Å². The lowest BCUT2D eigenvalue weighted by atomic mass is 10.2. The number of ether oxygens (including phenoxy) is 1. The summed E-state index contributed by atoms with van der Waals surface area (Å²) in [7, 11) is 0. The van der Waals surface area contributed by atoms with E-state index in [1.165, 1.54) is 3.57 Å². The van der Waals surface area contributed by atoms with E-state index in [1.807, 2.05) is 24.3 Å². The first-order valence-electron chi connectivity index (χ1n) is 5.60. The number of nitrogens with one attached hydrogen (secondary N) is 1. The summed E-state index contributed by atoms with van der Waals surface area (Å²) >= 11 is 2.26. The predicted octanol–water partition coefficient (Wildman–Crippen LogP) is 2.22. The summed E-state index contributed by atoms with van der Waals surface area (Å²) in [5.74, 6) is 5.76. The first-order chi connectivity index (χ1) is 8.22. The smallest absolute Gasteiger partial charge is 0.233 e. The molecular formula is C12H17IN2O2. The minimum Gasteiger partial charge on any atom is -0.494 e. The van der Waals surface area contributed by atoms with Crippen LogP contribution < -0.4 is 16.0 Å². The molecule has 0 unspecified atom stereocenters. The number of hydrazine groups is 1. The second-order valence-electron chi connectivity index (χ2n) is 3.68. The highest BCUT2D eigenvalue weighted by atomic mass is 127. The second-order valence-corrected chi connectivity index (χ2v) is 4.93. The number of unbranched alkanes of at least 4 members (excludes halogenated alkanes) is 2. The summed E-state index contributed by atoms with van der Waals surface area (Å²) in [5, 5.41) is 0. The third kappa shape index (κ3) is 6.48. The number of carbonyl (C=O) groups is 1. The van der Waals surface area contributed by atoms with Gasteiger partial charge < -0.3 is 4.74 Å². The summed E-state index contributed by atoms with van der Waals surface area (Å²) in [6.45, 7) is 0.685. The number of carbonyl (C=O) groups excluding carboxylic acids is 1. The van der Waals surface area contributed by atoms with Crippen molar-refractivity contribution < 1.29 is 9.53 Å². The van der Waals surface area contributed by atoms with Crippen molar-refractivity contribution >= 4 is 28.5 Å². The number of hydrogen-bond donors (Lipinski definition) is 2. The van der Waals surface area contributed by atoms with Crippen molar-refractivity contribution in [3.63, 3.8) is 0 Å². The first kappa shape index (κ1) is 14.2. The van der Waals surface area contributed by atoms with Gasteiger partial charge in [-0.2, -0.15) is 0 Å². The van der Waals surface area contributed by atoms with Gasteiger partial charge in [0.25, 0.3) is 0 Å². The molecule has 0 fully saturated rings.